The summed E-state index contributed by atoms with van der Waals surface area (Å²) in [6, 6.07) is 29.4. The Bertz CT molecular complexity index is 2710. The highest BCUT2D eigenvalue weighted by Gasteiger charge is 2.29. The highest BCUT2D eigenvalue weighted by molar-refractivity contribution is 5.90. The number of fused-ring (bicyclic) bond motifs is 2. The molecule has 8 rings (SSSR count). The molecular formula is C52H50F4N2O4. The minimum Gasteiger partial charge on any atom is -0.496 e. The van der Waals surface area contributed by atoms with E-state index in [2.05, 4.69) is 64.3 Å². The minimum absolute atomic E-state index is 0.146. The molecule has 0 atom stereocenters. The molecule has 0 saturated carbocycles. The van der Waals surface area contributed by atoms with Crippen molar-refractivity contribution in [2.45, 2.75) is 65.8 Å². The fraction of sp³-hybridized carbons (Fsp3) is 0.231. The van der Waals surface area contributed by atoms with Gasteiger partial charge < -0.3 is 29.6 Å². The van der Waals surface area contributed by atoms with Crippen molar-refractivity contribution in [3.63, 3.8) is 0 Å². The molecule has 0 bridgehead atoms. The Kier molecular flexibility index (Phi) is 12.4. The van der Waals surface area contributed by atoms with Crippen LogP contribution in [0.4, 0.5) is 28.9 Å². The van der Waals surface area contributed by atoms with Gasteiger partial charge in [0.25, 0.3) is 0 Å². The summed E-state index contributed by atoms with van der Waals surface area (Å²) < 4.78 is 78.3. The average molecular weight is 843 g/mol. The summed E-state index contributed by atoms with van der Waals surface area (Å²) in [6.45, 7) is 12.9. The minimum atomic E-state index is -0.417. The van der Waals surface area contributed by atoms with Gasteiger partial charge in [0.1, 0.15) is 47.9 Å². The van der Waals surface area contributed by atoms with Crippen molar-refractivity contribution in [1.29, 1.82) is 0 Å². The molecule has 0 spiro atoms. The lowest BCUT2D eigenvalue weighted by Gasteiger charge is -2.33. The zero-order valence-corrected chi connectivity index (χ0v) is 36.1. The van der Waals surface area contributed by atoms with E-state index >= 15 is 0 Å². The Balaban J connectivity index is 0.000000186. The molecule has 0 unspecified atom stereocenters. The first-order valence-corrected chi connectivity index (χ1v) is 20.3. The molecule has 0 amide bonds. The smallest absolute Gasteiger partial charge is 0.165 e. The zero-order valence-electron chi connectivity index (χ0n) is 36.1. The molecular weight excluding hydrogens is 793 g/mol. The van der Waals surface area contributed by atoms with Crippen LogP contribution in [0.25, 0.3) is 33.4 Å². The Hall–Kier alpha value is -6.68. The lowest BCUT2D eigenvalue weighted by Crippen LogP contribution is -2.32. The molecule has 2 aliphatic rings. The summed E-state index contributed by atoms with van der Waals surface area (Å²) in [5.41, 5.74) is 10.8. The Labute approximate surface area is 360 Å². The van der Waals surface area contributed by atoms with Crippen molar-refractivity contribution in [2.75, 3.05) is 24.9 Å². The number of halogens is 4. The summed E-state index contributed by atoms with van der Waals surface area (Å²) in [5.74, 6) is -0.0104. The summed E-state index contributed by atoms with van der Waals surface area (Å²) in [4.78, 5) is 0. The van der Waals surface area contributed by atoms with E-state index in [1.807, 2.05) is 24.3 Å². The topological polar surface area (TPSA) is 61.0 Å². The van der Waals surface area contributed by atoms with Gasteiger partial charge in [-0.3, -0.25) is 0 Å². The van der Waals surface area contributed by atoms with Crippen LogP contribution < -0.4 is 29.6 Å². The van der Waals surface area contributed by atoms with E-state index in [4.69, 9.17) is 18.9 Å². The SMILES string of the molecule is COc1cc(F)ccc1-c1ccc2c(c1COc1cccc(F)c1)C(C)=CC(C)(C)N2.COc1cc(F)ccc1-c1ccc2c(c1COc1ccccc1F)C(C)=CC(C)(C)N2. The number of rotatable bonds is 10. The fourth-order valence-corrected chi connectivity index (χ4v) is 8.40. The van der Waals surface area contributed by atoms with Crippen LogP contribution in [-0.2, 0) is 13.2 Å². The van der Waals surface area contributed by atoms with Crippen LogP contribution in [0.5, 0.6) is 23.0 Å². The van der Waals surface area contributed by atoms with Gasteiger partial charge in [-0.05, 0) is 124 Å². The van der Waals surface area contributed by atoms with Crippen molar-refractivity contribution in [2.24, 2.45) is 0 Å². The summed E-state index contributed by atoms with van der Waals surface area (Å²) in [5, 5.41) is 7.08. The number of allylic oxidation sites excluding steroid dienone is 2. The van der Waals surface area contributed by atoms with E-state index in [-0.39, 0.29) is 47.5 Å². The predicted molar refractivity (Wildman–Crippen MR) is 241 cm³/mol. The van der Waals surface area contributed by atoms with Crippen molar-refractivity contribution >= 4 is 22.5 Å². The largest absolute Gasteiger partial charge is 0.496 e. The Morgan fingerprint density at radius 3 is 1.44 bits per heavy atom. The number of para-hydroxylation sites is 1. The van der Waals surface area contributed by atoms with Crippen molar-refractivity contribution in [3.05, 3.63) is 167 Å². The molecule has 10 heteroatoms. The van der Waals surface area contributed by atoms with Gasteiger partial charge in [0, 0.05) is 63.0 Å². The fourth-order valence-electron chi connectivity index (χ4n) is 8.40. The second kappa shape index (κ2) is 17.7. The molecule has 320 valence electrons. The highest BCUT2D eigenvalue weighted by Crippen LogP contribution is 2.45. The number of ether oxygens (including phenoxy) is 4. The number of nitrogens with one attached hydrogen (secondary N) is 2. The molecule has 0 fully saturated rings. The van der Waals surface area contributed by atoms with Crippen LogP contribution in [0.15, 0.2) is 121 Å². The average Bonchev–Trinajstić information content (AvgIpc) is 3.21. The summed E-state index contributed by atoms with van der Waals surface area (Å²) >= 11 is 0. The van der Waals surface area contributed by atoms with E-state index in [0.717, 1.165) is 67.0 Å². The maximum Gasteiger partial charge on any atom is 0.165 e. The van der Waals surface area contributed by atoms with E-state index in [1.165, 1.54) is 56.7 Å². The molecule has 62 heavy (non-hydrogen) atoms. The molecule has 2 aliphatic heterocycles. The molecule has 2 N–H and O–H groups in total. The lowest BCUT2D eigenvalue weighted by atomic mass is 9.85. The van der Waals surface area contributed by atoms with Gasteiger partial charge in [-0.2, -0.15) is 0 Å². The van der Waals surface area contributed by atoms with E-state index in [1.54, 1.807) is 42.5 Å². The standard InChI is InChI=1S/2C26H25F2NO2/c1-16-14-26(2,3)29-23-11-10-20(21-9-8-18(28)13-24(21)30-4)22(25(16)23)15-31-19-7-5-6-17(27)12-19;1-16-14-26(2,3)29-22-12-11-18(19-10-9-17(27)13-24(19)30-4)20(25(16)22)15-31-23-8-6-5-7-21(23)28/h2*5-14,29H,15H2,1-4H3. The van der Waals surface area contributed by atoms with E-state index < -0.39 is 5.82 Å². The predicted octanol–water partition coefficient (Wildman–Crippen LogP) is 13.7. The van der Waals surface area contributed by atoms with Gasteiger partial charge >= 0.3 is 0 Å². The van der Waals surface area contributed by atoms with Crippen molar-refractivity contribution in [1.82, 2.24) is 0 Å². The Morgan fingerprint density at radius 1 is 0.484 bits per heavy atom. The molecule has 6 aromatic rings. The summed E-state index contributed by atoms with van der Waals surface area (Å²) in [7, 11) is 3.04. The highest BCUT2D eigenvalue weighted by atomic mass is 19.1. The molecule has 0 aromatic heterocycles. The molecule has 0 radical (unpaired) electrons. The molecule has 2 heterocycles. The zero-order chi connectivity index (χ0) is 44.3. The van der Waals surface area contributed by atoms with Crippen LogP contribution in [0, 0.1) is 23.3 Å². The molecule has 0 saturated heterocycles. The van der Waals surface area contributed by atoms with Gasteiger partial charge in [-0.25, -0.2) is 17.6 Å². The first-order valence-electron chi connectivity index (χ1n) is 20.3. The van der Waals surface area contributed by atoms with Crippen molar-refractivity contribution < 1.29 is 36.5 Å². The van der Waals surface area contributed by atoms with Gasteiger partial charge in [0.15, 0.2) is 11.6 Å². The number of anilines is 2. The number of hydrogen-bond acceptors (Lipinski definition) is 6. The lowest BCUT2D eigenvalue weighted by molar-refractivity contribution is 0.290. The first kappa shape index (κ1) is 43.4. The van der Waals surface area contributed by atoms with Gasteiger partial charge in [-0.15, -0.1) is 0 Å². The first-order chi connectivity index (χ1) is 29.6. The number of methoxy groups -OCH3 is 2. The van der Waals surface area contributed by atoms with Gasteiger partial charge in [-0.1, -0.05) is 42.5 Å². The normalized spacial score (nSPS) is 14.3. The van der Waals surface area contributed by atoms with Gasteiger partial charge in [0.05, 0.1) is 25.3 Å². The van der Waals surface area contributed by atoms with Gasteiger partial charge in [0.2, 0.25) is 0 Å². The third kappa shape index (κ3) is 9.44. The van der Waals surface area contributed by atoms with Crippen LogP contribution >= 0.6 is 0 Å². The van der Waals surface area contributed by atoms with E-state index in [0.29, 0.717) is 17.2 Å². The number of hydrogen-bond donors (Lipinski definition) is 2. The van der Waals surface area contributed by atoms with Crippen LogP contribution in [0.3, 0.4) is 0 Å². The maximum absolute atomic E-state index is 14.2. The monoisotopic (exact) mass is 842 g/mol. The maximum atomic E-state index is 14.2. The second-order valence-electron chi connectivity index (χ2n) is 16.5. The molecule has 6 nitrogen and oxygen atoms in total. The molecule has 6 aromatic carbocycles. The Morgan fingerprint density at radius 2 is 0.952 bits per heavy atom. The van der Waals surface area contributed by atoms with Crippen LogP contribution in [0.2, 0.25) is 0 Å². The van der Waals surface area contributed by atoms with Crippen LogP contribution in [0.1, 0.15) is 63.8 Å². The number of benzene rings is 6. The summed E-state index contributed by atoms with van der Waals surface area (Å²) in [6.07, 6.45) is 4.33. The van der Waals surface area contributed by atoms with Crippen LogP contribution in [-0.4, -0.2) is 25.3 Å². The quantitative estimate of drug-likeness (QED) is 0.134. The van der Waals surface area contributed by atoms with Crippen molar-refractivity contribution in [3.8, 4) is 45.3 Å². The third-order valence-electron chi connectivity index (χ3n) is 10.8. The second-order valence-corrected chi connectivity index (χ2v) is 16.5. The molecule has 0 aliphatic carbocycles. The van der Waals surface area contributed by atoms with E-state index in [9.17, 15) is 17.6 Å². The third-order valence-corrected chi connectivity index (χ3v) is 10.8.